The van der Waals surface area contributed by atoms with Crippen LogP contribution in [-0.2, 0) is 4.79 Å². The van der Waals surface area contributed by atoms with Crippen LogP contribution in [0.1, 0.15) is 27.9 Å². The van der Waals surface area contributed by atoms with Crippen molar-refractivity contribution in [3.8, 4) is 23.7 Å². The number of nitrogens with one attached hydrogen (secondary N) is 1. The number of allylic oxidation sites excluding steroid dienone is 1. The summed E-state index contributed by atoms with van der Waals surface area (Å²) in [5.74, 6) is 10.8. The van der Waals surface area contributed by atoms with Crippen LogP contribution in [0.4, 0.5) is 5.69 Å². The molecule has 0 saturated carbocycles. The van der Waals surface area contributed by atoms with Crippen LogP contribution in [0.3, 0.4) is 0 Å². The molecule has 1 saturated heterocycles. The minimum absolute atomic E-state index is 0.0916. The average Bonchev–Trinajstić information content (AvgIpc) is 2.81. The molecule has 2 aliphatic heterocycles. The fraction of sp³-hybridized carbons (Fsp3) is 0.192. The Balaban J connectivity index is 1.30. The van der Waals surface area contributed by atoms with Crippen LogP contribution in [0.5, 0.6) is 0 Å². The van der Waals surface area contributed by atoms with E-state index in [9.17, 15) is 19.8 Å². The summed E-state index contributed by atoms with van der Waals surface area (Å²) >= 11 is 0. The Labute approximate surface area is 191 Å². The maximum absolute atomic E-state index is 12.2. The number of β-amino-alcohol motifs (C(OH)–C–C–N with tert-alkyl or cyclic N) is 1. The van der Waals surface area contributed by atoms with Gasteiger partial charge in [0.15, 0.2) is 5.76 Å². The van der Waals surface area contributed by atoms with Crippen LogP contribution in [0, 0.1) is 23.7 Å². The van der Waals surface area contributed by atoms with Gasteiger partial charge < -0.3 is 20.4 Å². The van der Waals surface area contributed by atoms with Gasteiger partial charge in [-0.3, -0.25) is 14.6 Å². The summed E-state index contributed by atoms with van der Waals surface area (Å²) < 4.78 is 0. The van der Waals surface area contributed by atoms with Crippen molar-refractivity contribution in [2.75, 3.05) is 25.0 Å². The Kier molecular flexibility index (Phi) is 6.54. The normalized spacial score (nSPS) is 15.2. The number of aliphatic hydroxyl groups excluding tert-OH is 2. The number of carbonyl (C=O) groups excluding carboxylic acids is 2. The Hall–Kier alpha value is -4.33. The molecule has 7 heteroatoms. The monoisotopic (exact) mass is 439 g/mol. The highest BCUT2D eigenvalue weighted by Gasteiger charge is 2.29. The Morgan fingerprint density at radius 1 is 1.03 bits per heavy atom. The van der Waals surface area contributed by atoms with E-state index >= 15 is 0 Å². The first-order valence-corrected chi connectivity index (χ1v) is 10.4. The first kappa shape index (κ1) is 21.9. The highest BCUT2D eigenvalue weighted by Crippen LogP contribution is 2.15. The number of hydrogen-bond donors (Lipinski definition) is 3. The number of aliphatic hydroxyl groups is 2. The smallest absolute Gasteiger partial charge is 0.254 e. The molecular weight excluding hydrogens is 418 g/mol. The molecule has 1 amide bonds. The van der Waals surface area contributed by atoms with E-state index < -0.39 is 6.10 Å². The topological polar surface area (TPSA) is 102 Å². The van der Waals surface area contributed by atoms with Gasteiger partial charge in [0.2, 0.25) is 5.78 Å². The molecule has 0 aliphatic carbocycles. The number of hydrogen-bond acceptors (Lipinski definition) is 6. The second-order valence-electron chi connectivity index (χ2n) is 7.61. The standard InChI is InChI=1S/C26H21N3O4/c30-22-16-29(17-22)26(33)20-9-5-18(6-10-20)3-1-2-4-19-7-11-21(12-8-19)28-15-23-25(32)24(31)13-14-27-23/h5-12,14,22,28,30,32H,13,15-17H2. The van der Waals surface area contributed by atoms with Gasteiger partial charge in [0.05, 0.1) is 12.6 Å². The minimum atomic E-state index is -0.416. The molecule has 1 fully saturated rings. The number of anilines is 1. The fourth-order valence-corrected chi connectivity index (χ4v) is 3.25. The van der Waals surface area contributed by atoms with Gasteiger partial charge in [-0.15, -0.1) is 0 Å². The number of rotatable bonds is 4. The van der Waals surface area contributed by atoms with Crippen molar-refractivity contribution in [2.24, 2.45) is 4.99 Å². The van der Waals surface area contributed by atoms with Crippen LogP contribution < -0.4 is 5.32 Å². The zero-order valence-electron chi connectivity index (χ0n) is 17.7. The van der Waals surface area contributed by atoms with E-state index in [2.05, 4.69) is 34.0 Å². The van der Waals surface area contributed by atoms with Crippen LogP contribution >= 0.6 is 0 Å². The van der Waals surface area contributed by atoms with E-state index in [0.717, 1.165) is 16.8 Å². The summed E-state index contributed by atoms with van der Waals surface area (Å²) in [6.07, 6.45) is 1.20. The molecule has 0 atom stereocenters. The third-order valence-corrected chi connectivity index (χ3v) is 5.16. The SMILES string of the molecule is O=C1CC=NC(CNc2ccc(C#CC#Cc3ccc(C(=O)N4CC(O)C4)cc3)cc2)=C1O. The van der Waals surface area contributed by atoms with Crippen molar-refractivity contribution in [3.63, 3.8) is 0 Å². The molecule has 3 N–H and O–H groups in total. The van der Waals surface area contributed by atoms with Gasteiger partial charge >= 0.3 is 0 Å². The van der Waals surface area contributed by atoms with Crippen LogP contribution in [0.2, 0.25) is 0 Å². The Bertz CT molecular complexity index is 1250. The quantitative estimate of drug-likeness (QED) is 0.634. The Morgan fingerprint density at radius 3 is 2.24 bits per heavy atom. The lowest BCUT2D eigenvalue weighted by Crippen LogP contribution is -2.53. The van der Waals surface area contributed by atoms with Crippen molar-refractivity contribution in [2.45, 2.75) is 12.5 Å². The summed E-state index contributed by atoms with van der Waals surface area (Å²) in [6, 6.07) is 14.4. The van der Waals surface area contributed by atoms with Crippen molar-refractivity contribution in [3.05, 3.63) is 76.7 Å². The fourth-order valence-electron chi connectivity index (χ4n) is 3.25. The molecule has 2 heterocycles. The van der Waals surface area contributed by atoms with Crippen LogP contribution in [0.15, 0.2) is 65.0 Å². The molecule has 7 nitrogen and oxygen atoms in total. The van der Waals surface area contributed by atoms with E-state index in [4.69, 9.17) is 0 Å². The second kappa shape index (κ2) is 9.86. The van der Waals surface area contributed by atoms with Crippen molar-refractivity contribution >= 4 is 23.6 Å². The highest BCUT2D eigenvalue weighted by atomic mass is 16.3. The number of carbonyl (C=O) groups is 2. The highest BCUT2D eigenvalue weighted by molar-refractivity contribution is 6.04. The molecule has 0 unspecified atom stereocenters. The summed E-state index contributed by atoms with van der Waals surface area (Å²) in [5, 5.41) is 22.2. The second-order valence-corrected chi connectivity index (χ2v) is 7.61. The van der Waals surface area contributed by atoms with Gasteiger partial charge in [0.25, 0.3) is 5.91 Å². The lowest BCUT2D eigenvalue weighted by molar-refractivity contribution is -0.117. The maximum Gasteiger partial charge on any atom is 0.254 e. The summed E-state index contributed by atoms with van der Waals surface area (Å²) in [6.45, 7) is 1.00. The number of aliphatic imine (C=N–C) groups is 1. The number of ketones is 1. The average molecular weight is 439 g/mol. The van der Waals surface area contributed by atoms with Crippen molar-refractivity contribution < 1.29 is 19.8 Å². The molecule has 0 aromatic heterocycles. The molecule has 2 aliphatic rings. The summed E-state index contributed by atoms with van der Waals surface area (Å²) in [7, 11) is 0. The maximum atomic E-state index is 12.2. The molecule has 0 radical (unpaired) electrons. The van der Waals surface area contributed by atoms with E-state index in [1.807, 2.05) is 24.3 Å². The third kappa shape index (κ3) is 5.48. The summed E-state index contributed by atoms with van der Waals surface area (Å²) in [4.78, 5) is 29.3. The van der Waals surface area contributed by atoms with Gasteiger partial charge in [-0.1, -0.05) is 11.8 Å². The lowest BCUT2D eigenvalue weighted by atomic mass is 10.1. The zero-order chi connectivity index (χ0) is 23.2. The van der Waals surface area contributed by atoms with E-state index in [-0.39, 0.29) is 30.4 Å². The molecule has 164 valence electrons. The largest absolute Gasteiger partial charge is 0.503 e. The molecule has 33 heavy (non-hydrogen) atoms. The van der Waals surface area contributed by atoms with Crippen LogP contribution in [0.25, 0.3) is 0 Å². The van der Waals surface area contributed by atoms with Gasteiger partial charge in [-0.2, -0.15) is 0 Å². The van der Waals surface area contributed by atoms with Crippen LogP contribution in [-0.4, -0.2) is 58.8 Å². The predicted molar refractivity (Wildman–Crippen MR) is 125 cm³/mol. The lowest BCUT2D eigenvalue weighted by Gasteiger charge is -2.35. The van der Waals surface area contributed by atoms with Crippen molar-refractivity contribution in [1.82, 2.24) is 4.90 Å². The number of likely N-dealkylation sites (tertiary alicyclic amines) is 1. The van der Waals surface area contributed by atoms with Gasteiger partial charge in [0.1, 0.15) is 5.70 Å². The van der Waals surface area contributed by atoms with E-state index in [1.54, 1.807) is 29.2 Å². The number of Topliss-reactive ketones (excluding diaryl/α,β-unsaturated/α-hetero) is 1. The molecule has 0 bridgehead atoms. The zero-order valence-corrected chi connectivity index (χ0v) is 17.7. The molecular formula is C26H21N3O4. The molecule has 2 aromatic carbocycles. The van der Waals surface area contributed by atoms with Gasteiger partial charge in [-0.25, -0.2) is 0 Å². The number of nitrogens with zero attached hydrogens (tertiary/aromatic N) is 2. The van der Waals surface area contributed by atoms with E-state index in [1.165, 1.54) is 6.21 Å². The van der Waals surface area contributed by atoms with E-state index in [0.29, 0.717) is 24.4 Å². The number of amides is 1. The Morgan fingerprint density at radius 2 is 1.64 bits per heavy atom. The predicted octanol–water partition coefficient (Wildman–Crippen LogP) is 2.13. The van der Waals surface area contributed by atoms with Gasteiger partial charge in [-0.05, 0) is 60.4 Å². The number of benzene rings is 2. The first-order chi connectivity index (χ1) is 16.0. The molecule has 2 aromatic rings. The minimum Gasteiger partial charge on any atom is -0.503 e. The summed E-state index contributed by atoms with van der Waals surface area (Å²) in [5.41, 5.74) is 3.25. The van der Waals surface area contributed by atoms with Crippen molar-refractivity contribution in [1.29, 1.82) is 0 Å². The molecule has 4 rings (SSSR count). The van der Waals surface area contributed by atoms with Gasteiger partial charge in [0, 0.05) is 48.1 Å². The molecule has 0 spiro atoms. The first-order valence-electron chi connectivity index (χ1n) is 10.4. The third-order valence-electron chi connectivity index (χ3n) is 5.16.